The highest BCUT2D eigenvalue weighted by Gasteiger charge is 2.10. The van der Waals surface area contributed by atoms with Gasteiger partial charge in [-0.1, -0.05) is 18.2 Å². The molecular formula is C12H17ClN2O. The highest BCUT2D eigenvalue weighted by molar-refractivity contribution is 5.85. The van der Waals surface area contributed by atoms with Crippen LogP contribution < -0.4 is 5.73 Å². The second kappa shape index (κ2) is 5.34. The molecule has 0 aliphatic rings. The van der Waals surface area contributed by atoms with E-state index < -0.39 is 0 Å². The molecule has 2 aromatic rings. The van der Waals surface area contributed by atoms with Crippen LogP contribution in [0, 0.1) is 6.92 Å². The lowest BCUT2D eigenvalue weighted by Gasteiger charge is -2.07. The van der Waals surface area contributed by atoms with Crippen LogP contribution >= 0.6 is 12.4 Å². The Morgan fingerprint density at radius 2 is 2.06 bits per heavy atom. The van der Waals surface area contributed by atoms with Gasteiger partial charge in [-0.05, 0) is 25.0 Å². The number of aromatic amines is 1. The summed E-state index contributed by atoms with van der Waals surface area (Å²) in [5.74, 6) is 0. The molecule has 4 heteroatoms. The fourth-order valence-corrected chi connectivity index (χ4v) is 1.92. The van der Waals surface area contributed by atoms with Crippen LogP contribution in [0.1, 0.15) is 11.3 Å². The van der Waals surface area contributed by atoms with Gasteiger partial charge in [-0.25, -0.2) is 0 Å². The predicted octanol–water partition coefficient (Wildman–Crippen LogP) is 1.76. The van der Waals surface area contributed by atoms with Crippen LogP contribution in [0.3, 0.4) is 0 Å². The standard InChI is InChI=1S/C12H16N2O.ClH/c1-8-11(6-9(13)7-15)10-4-2-3-5-12(10)14-8;/h2-5,9,14-15H,6-7,13H2,1H3;1H. The Morgan fingerprint density at radius 1 is 1.38 bits per heavy atom. The summed E-state index contributed by atoms with van der Waals surface area (Å²) in [5.41, 5.74) is 9.25. The number of aromatic nitrogens is 1. The minimum absolute atomic E-state index is 0. The van der Waals surface area contributed by atoms with Crippen molar-refractivity contribution in [2.75, 3.05) is 6.61 Å². The highest BCUT2D eigenvalue weighted by Crippen LogP contribution is 2.22. The van der Waals surface area contributed by atoms with E-state index in [9.17, 15) is 0 Å². The minimum Gasteiger partial charge on any atom is -0.395 e. The molecule has 0 aliphatic carbocycles. The molecule has 1 unspecified atom stereocenters. The van der Waals surface area contributed by atoms with Gasteiger partial charge in [0.2, 0.25) is 0 Å². The van der Waals surface area contributed by atoms with Gasteiger partial charge in [-0.15, -0.1) is 12.4 Å². The van der Waals surface area contributed by atoms with E-state index in [2.05, 4.69) is 17.1 Å². The Hall–Kier alpha value is -1.03. The number of benzene rings is 1. The van der Waals surface area contributed by atoms with Crippen LogP contribution in [0.25, 0.3) is 10.9 Å². The Bertz CT molecular complexity index is 467. The molecule has 3 nitrogen and oxygen atoms in total. The number of para-hydroxylation sites is 1. The Kier molecular flexibility index (Phi) is 4.35. The molecule has 0 fully saturated rings. The largest absolute Gasteiger partial charge is 0.395 e. The average Bonchev–Trinajstić information content (AvgIpc) is 2.55. The molecule has 1 aromatic heterocycles. The number of aliphatic hydroxyl groups excluding tert-OH is 1. The van der Waals surface area contributed by atoms with Crippen LogP contribution in [-0.4, -0.2) is 22.7 Å². The van der Waals surface area contributed by atoms with Crippen LogP contribution in [0.5, 0.6) is 0 Å². The fourth-order valence-electron chi connectivity index (χ4n) is 1.92. The molecule has 0 spiro atoms. The van der Waals surface area contributed by atoms with Crippen molar-refractivity contribution < 1.29 is 5.11 Å². The van der Waals surface area contributed by atoms with E-state index in [0.717, 1.165) is 11.2 Å². The van der Waals surface area contributed by atoms with E-state index in [1.54, 1.807) is 0 Å². The SMILES string of the molecule is Cc1[nH]c2ccccc2c1CC(N)CO.Cl. The summed E-state index contributed by atoms with van der Waals surface area (Å²) < 4.78 is 0. The lowest BCUT2D eigenvalue weighted by atomic mass is 10.0. The molecule has 0 aliphatic heterocycles. The summed E-state index contributed by atoms with van der Waals surface area (Å²) in [4.78, 5) is 3.32. The van der Waals surface area contributed by atoms with Crippen LogP contribution in [0.15, 0.2) is 24.3 Å². The monoisotopic (exact) mass is 240 g/mol. The van der Waals surface area contributed by atoms with Crippen molar-refractivity contribution >= 4 is 23.3 Å². The number of hydrogen-bond acceptors (Lipinski definition) is 2. The quantitative estimate of drug-likeness (QED) is 0.766. The first kappa shape index (κ1) is 13.0. The van der Waals surface area contributed by atoms with Gasteiger partial charge in [0.1, 0.15) is 0 Å². The molecule has 0 amide bonds. The second-order valence-electron chi connectivity index (χ2n) is 3.92. The number of fused-ring (bicyclic) bond motifs is 1. The number of aryl methyl sites for hydroxylation is 1. The maximum atomic E-state index is 8.96. The zero-order valence-corrected chi connectivity index (χ0v) is 10.1. The third-order valence-corrected chi connectivity index (χ3v) is 2.73. The summed E-state index contributed by atoms with van der Waals surface area (Å²) in [6.07, 6.45) is 0.715. The Morgan fingerprint density at radius 3 is 2.75 bits per heavy atom. The number of hydrogen-bond donors (Lipinski definition) is 3. The van der Waals surface area contributed by atoms with Gasteiger partial charge in [0, 0.05) is 22.6 Å². The van der Waals surface area contributed by atoms with E-state index >= 15 is 0 Å². The number of nitrogens with one attached hydrogen (secondary N) is 1. The third kappa shape index (κ3) is 2.38. The van der Waals surface area contributed by atoms with Crippen molar-refractivity contribution in [3.05, 3.63) is 35.5 Å². The maximum absolute atomic E-state index is 8.96. The smallest absolute Gasteiger partial charge is 0.0585 e. The number of halogens is 1. The molecule has 2 rings (SSSR count). The van der Waals surface area contributed by atoms with Crippen molar-refractivity contribution in [3.8, 4) is 0 Å². The number of nitrogens with two attached hydrogens (primary N) is 1. The molecule has 0 bridgehead atoms. The van der Waals surface area contributed by atoms with Crippen molar-refractivity contribution in [1.82, 2.24) is 4.98 Å². The van der Waals surface area contributed by atoms with Crippen LogP contribution in [0.4, 0.5) is 0 Å². The number of rotatable bonds is 3. The van der Waals surface area contributed by atoms with Gasteiger partial charge in [-0.3, -0.25) is 0 Å². The molecule has 16 heavy (non-hydrogen) atoms. The third-order valence-electron chi connectivity index (χ3n) is 2.73. The van der Waals surface area contributed by atoms with Crippen molar-refractivity contribution in [2.24, 2.45) is 5.73 Å². The van der Waals surface area contributed by atoms with E-state index in [1.807, 2.05) is 19.1 Å². The van der Waals surface area contributed by atoms with Crippen molar-refractivity contribution in [2.45, 2.75) is 19.4 Å². The normalized spacial score (nSPS) is 12.4. The molecule has 1 aromatic carbocycles. The summed E-state index contributed by atoms with van der Waals surface area (Å²) in [7, 11) is 0. The number of aliphatic hydroxyl groups is 1. The molecular weight excluding hydrogens is 224 g/mol. The zero-order valence-electron chi connectivity index (χ0n) is 9.23. The number of H-pyrrole nitrogens is 1. The Labute approximate surface area is 101 Å². The molecule has 1 atom stereocenters. The summed E-state index contributed by atoms with van der Waals surface area (Å²) >= 11 is 0. The van der Waals surface area contributed by atoms with Gasteiger partial charge in [-0.2, -0.15) is 0 Å². The van der Waals surface area contributed by atoms with Crippen LogP contribution in [0.2, 0.25) is 0 Å². The first-order chi connectivity index (χ1) is 7.22. The summed E-state index contributed by atoms with van der Waals surface area (Å²) in [6.45, 7) is 2.07. The average molecular weight is 241 g/mol. The molecule has 88 valence electrons. The zero-order chi connectivity index (χ0) is 10.8. The maximum Gasteiger partial charge on any atom is 0.0585 e. The predicted molar refractivity (Wildman–Crippen MR) is 69.0 cm³/mol. The van der Waals surface area contributed by atoms with E-state index in [-0.39, 0.29) is 25.1 Å². The lowest BCUT2D eigenvalue weighted by Crippen LogP contribution is -2.27. The molecule has 4 N–H and O–H groups in total. The van der Waals surface area contributed by atoms with Crippen molar-refractivity contribution in [3.63, 3.8) is 0 Å². The first-order valence-corrected chi connectivity index (χ1v) is 5.15. The first-order valence-electron chi connectivity index (χ1n) is 5.15. The van der Waals surface area contributed by atoms with Gasteiger partial charge in [0.05, 0.1) is 6.61 Å². The summed E-state index contributed by atoms with van der Waals surface area (Å²) in [6, 6.07) is 7.98. The van der Waals surface area contributed by atoms with Gasteiger partial charge >= 0.3 is 0 Å². The van der Waals surface area contributed by atoms with Gasteiger partial charge < -0.3 is 15.8 Å². The Balaban J connectivity index is 0.00000128. The van der Waals surface area contributed by atoms with Gasteiger partial charge in [0.25, 0.3) is 0 Å². The van der Waals surface area contributed by atoms with E-state index in [0.29, 0.717) is 6.42 Å². The molecule has 0 radical (unpaired) electrons. The highest BCUT2D eigenvalue weighted by atomic mass is 35.5. The minimum atomic E-state index is -0.178. The fraction of sp³-hybridized carbons (Fsp3) is 0.333. The van der Waals surface area contributed by atoms with Gasteiger partial charge in [0.15, 0.2) is 0 Å². The van der Waals surface area contributed by atoms with E-state index in [4.69, 9.17) is 10.8 Å². The lowest BCUT2D eigenvalue weighted by molar-refractivity contribution is 0.265. The van der Waals surface area contributed by atoms with Crippen LogP contribution in [-0.2, 0) is 6.42 Å². The molecule has 0 saturated carbocycles. The topological polar surface area (TPSA) is 62.0 Å². The molecule has 1 heterocycles. The summed E-state index contributed by atoms with van der Waals surface area (Å²) in [5, 5.41) is 10.2. The molecule has 0 saturated heterocycles. The second-order valence-corrected chi connectivity index (χ2v) is 3.92. The van der Waals surface area contributed by atoms with Crippen molar-refractivity contribution in [1.29, 1.82) is 0 Å². The van der Waals surface area contributed by atoms with E-state index in [1.165, 1.54) is 10.9 Å².